The molecule has 1 heterocycles. The zero-order valence-electron chi connectivity index (χ0n) is 15.9. The van der Waals surface area contributed by atoms with Crippen LogP contribution >= 0.6 is 11.9 Å². The Labute approximate surface area is 158 Å². The molecule has 0 atom stereocenters. The fraction of sp³-hybridized carbons (Fsp3) is 0.619. The number of hydrogen-bond donors (Lipinski definition) is 1. The normalized spacial score (nSPS) is 13.7. The topological polar surface area (TPSA) is 24.5 Å². The van der Waals surface area contributed by atoms with Crippen molar-refractivity contribution in [3.8, 4) is 5.75 Å². The minimum atomic E-state index is 0.825. The molecule has 1 aromatic carbocycles. The Hall–Kier alpha value is -1.29. The molecule has 1 aliphatic rings. The van der Waals surface area contributed by atoms with Crippen LogP contribution in [-0.2, 0) is 0 Å². The van der Waals surface area contributed by atoms with E-state index < -0.39 is 0 Å². The highest BCUT2D eigenvalue weighted by molar-refractivity contribution is 8.04. The van der Waals surface area contributed by atoms with Crippen molar-refractivity contribution in [2.45, 2.75) is 78.1 Å². The van der Waals surface area contributed by atoms with Gasteiger partial charge in [0.2, 0.25) is 0 Å². The minimum Gasteiger partial charge on any atom is -0.494 e. The summed E-state index contributed by atoms with van der Waals surface area (Å²) in [5.74, 6) is 0.970. The lowest BCUT2D eigenvalue weighted by Crippen LogP contribution is -2.22. The lowest BCUT2D eigenvalue weighted by molar-refractivity contribution is 0.304. The lowest BCUT2D eigenvalue weighted by Gasteiger charge is -2.17. The lowest BCUT2D eigenvalue weighted by atomic mass is 10.1. The van der Waals surface area contributed by atoms with E-state index in [9.17, 15) is 0 Å². The molecule has 1 aromatic rings. The summed E-state index contributed by atoms with van der Waals surface area (Å²) in [5, 5.41) is 0. The number of nitrogens with zero attached hydrogens (tertiary/aromatic N) is 1. The summed E-state index contributed by atoms with van der Waals surface area (Å²) < 4.78 is 7.98. The van der Waals surface area contributed by atoms with E-state index in [1.807, 2.05) is 0 Å². The molecular formula is C21H34N2OS. The quantitative estimate of drug-likeness (QED) is 0.307. The summed E-state index contributed by atoms with van der Waals surface area (Å²) in [4.78, 5) is 1.41. The maximum absolute atomic E-state index is 5.86. The molecule has 0 aromatic heterocycles. The van der Waals surface area contributed by atoms with Gasteiger partial charge in [0.1, 0.15) is 5.75 Å². The van der Waals surface area contributed by atoms with Crippen LogP contribution in [-0.4, -0.2) is 6.61 Å². The molecule has 2 rings (SSSR count). The molecule has 0 amide bonds. The number of rotatable bonds is 13. The van der Waals surface area contributed by atoms with Crippen molar-refractivity contribution < 1.29 is 4.74 Å². The Morgan fingerprint density at radius 2 is 1.56 bits per heavy atom. The second-order valence-electron chi connectivity index (χ2n) is 6.69. The first-order valence-electron chi connectivity index (χ1n) is 9.99. The summed E-state index contributed by atoms with van der Waals surface area (Å²) in [6, 6.07) is 8.40. The number of anilines is 1. The van der Waals surface area contributed by atoms with E-state index in [4.69, 9.17) is 4.74 Å². The summed E-state index contributed by atoms with van der Waals surface area (Å²) in [5.41, 5.74) is 4.50. The number of ether oxygens (including phenoxy) is 1. The molecule has 0 spiro atoms. The van der Waals surface area contributed by atoms with Gasteiger partial charge in [-0.05, 0) is 43.5 Å². The van der Waals surface area contributed by atoms with Crippen molar-refractivity contribution in [2.75, 3.05) is 11.0 Å². The summed E-state index contributed by atoms with van der Waals surface area (Å²) in [6.07, 6.45) is 14.9. The van der Waals surface area contributed by atoms with Gasteiger partial charge in [-0.25, -0.2) is 4.41 Å². The maximum Gasteiger partial charge on any atom is 0.119 e. The highest BCUT2D eigenvalue weighted by Gasteiger charge is 2.15. The van der Waals surface area contributed by atoms with Crippen molar-refractivity contribution in [2.24, 2.45) is 0 Å². The van der Waals surface area contributed by atoms with Gasteiger partial charge in [0, 0.05) is 23.1 Å². The molecular weight excluding hydrogens is 328 g/mol. The summed E-state index contributed by atoms with van der Waals surface area (Å²) in [7, 11) is 0. The summed E-state index contributed by atoms with van der Waals surface area (Å²) in [6.45, 7) is 5.33. The van der Waals surface area contributed by atoms with Gasteiger partial charge in [0.05, 0.1) is 12.3 Å². The third kappa shape index (κ3) is 7.64. The Morgan fingerprint density at radius 3 is 2.32 bits per heavy atom. The highest BCUT2D eigenvalue weighted by atomic mass is 32.2. The fourth-order valence-electron chi connectivity index (χ4n) is 2.85. The predicted molar refractivity (Wildman–Crippen MR) is 111 cm³/mol. The second-order valence-corrected chi connectivity index (χ2v) is 7.76. The van der Waals surface area contributed by atoms with Crippen LogP contribution in [0.25, 0.3) is 0 Å². The average molecular weight is 363 g/mol. The van der Waals surface area contributed by atoms with E-state index in [1.54, 1.807) is 11.9 Å². The molecule has 0 fully saturated rings. The van der Waals surface area contributed by atoms with Crippen molar-refractivity contribution >= 4 is 17.6 Å². The van der Waals surface area contributed by atoms with E-state index in [1.165, 1.54) is 68.4 Å². The van der Waals surface area contributed by atoms with Gasteiger partial charge in [-0.3, -0.25) is 5.43 Å². The number of nitrogens with one attached hydrogen (secondary N) is 1. The zero-order chi connectivity index (χ0) is 17.7. The molecule has 1 N–H and O–H groups in total. The van der Waals surface area contributed by atoms with Gasteiger partial charge in [-0.1, -0.05) is 58.8 Å². The van der Waals surface area contributed by atoms with Crippen molar-refractivity contribution in [3.63, 3.8) is 0 Å². The monoisotopic (exact) mass is 362 g/mol. The molecule has 0 bridgehead atoms. The van der Waals surface area contributed by atoms with Crippen LogP contribution in [0.5, 0.6) is 5.75 Å². The molecule has 0 unspecified atom stereocenters. The Morgan fingerprint density at radius 1 is 0.880 bits per heavy atom. The van der Waals surface area contributed by atoms with E-state index in [-0.39, 0.29) is 0 Å². The number of benzene rings is 1. The molecule has 0 aliphatic carbocycles. The Balaban J connectivity index is 1.63. The maximum atomic E-state index is 5.86. The molecule has 4 heteroatoms. The van der Waals surface area contributed by atoms with Crippen LogP contribution < -0.4 is 14.6 Å². The van der Waals surface area contributed by atoms with Crippen LogP contribution in [0, 0.1) is 0 Å². The average Bonchev–Trinajstić information content (AvgIpc) is 3.11. The Bertz CT molecular complexity index is 501. The van der Waals surface area contributed by atoms with Gasteiger partial charge in [-0.15, -0.1) is 0 Å². The number of unbranched alkanes of at least 4 members (excludes halogenated alkanes) is 7. The van der Waals surface area contributed by atoms with Crippen molar-refractivity contribution in [1.29, 1.82) is 0 Å². The molecule has 0 saturated carbocycles. The smallest absolute Gasteiger partial charge is 0.119 e. The third-order valence-electron chi connectivity index (χ3n) is 4.42. The van der Waals surface area contributed by atoms with Crippen LogP contribution in [0.4, 0.5) is 5.69 Å². The third-order valence-corrected chi connectivity index (χ3v) is 5.47. The van der Waals surface area contributed by atoms with E-state index in [2.05, 4.69) is 54.2 Å². The van der Waals surface area contributed by atoms with Crippen LogP contribution in [0.1, 0.15) is 78.1 Å². The first-order valence-corrected chi connectivity index (χ1v) is 10.8. The Kier molecular flexibility index (Phi) is 9.71. The molecule has 1 aliphatic heterocycles. The largest absolute Gasteiger partial charge is 0.494 e. The zero-order valence-corrected chi connectivity index (χ0v) is 16.7. The van der Waals surface area contributed by atoms with Crippen LogP contribution in [0.3, 0.4) is 0 Å². The van der Waals surface area contributed by atoms with Gasteiger partial charge >= 0.3 is 0 Å². The summed E-state index contributed by atoms with van der Waals surface area (Å²) >= 11 is 1.79. The number of hydrazine groups is 1. The molecule has 0 radical (unpaired) electrons. The SMILES string of the molecule is CCCCCCCCOc1ccc(N2NC=C(CCCCC)S2)cc1. The standard InChI is InChI=1S/C21H34N2OS/c1-3-5-7-8-9-11-17-24-20-15-13-19(14-16-20)23-22-18-21(25-23)12-10-6-4-2/h13-16,18,22H,3-12,17H2,1-2H3. The first kappa shape index (κ1) is 20.0. The van der Waals surface area contributed by atoms with E-state index in [0.717, 1.165) is 18.8 Å². The molecule has 3 nitrogen and oxygen atoms in total. The fourth-order valence-corrected chi connectivity index (χ4v) is 3.75. The molecule has 0 saturated heterocycles. The van der Waals surface area contributed by atoms with Crippen LogP contribution in [0.2, 0.25) is 0 Å². The molecule has 25 heavy (non-hydrogen) atoms. The van der Waals surface area contributed by atoms with Crippen molar-refractivity contribution in [3.05, 3.63) is 35.4 Å². The van der Waals surface area contributed by atoms with Crippen molar-refractivity contribution in [1.82, 2.24) is 5.43 Å². The van der Waals surface area contributed by atoms with E-state index >= 15 is 0 Å². The van der Waals surface area contributed by atoms with Gasteiger partial charge in [-0.2, -0.15) is 0 Å². The van der Waals surface area contributed by atoms with E-state index in [0.29, 0.717) is 0 Å². The number of hydrogen-bond acceptors (Lipinski definition) is 4. The molecule has 140 valence electrons. The minimum absolute atomic E-state index is 0.825. The van der Waals surface area contributed by atoms with Gasteiger partial charge in [0.25, 0.3) is 0 Å². The number of allylic oxidation sites excluding steroid dienone is 1. The van der Waals surface area contributed by atoms with Crippen LogP contribution in [0.15, 0.2) is 35.4 Å². The highest BCUT2D eigenvalue weighted by Crippen LogP contribution is 2.33. The van der Waals surface area contributed by atoms with Gasteiger partial charge < -0.3 is 4.74 Å². The second kappa shape index (κ2) is 12.1. The first-order chi connectivity index (χ1) is 12.3. The predicted octanol–water partition coefficient (Wildman–Crippen LogP) is 6.82. The van der Waals surface area contributed by atoms with Gasteiger partial charge in [0.15, 0.2) is 0 Å².